The summed E-state index contributed by atoms with van der Waals surface area (Å²) in [6.45, 7) is 1.54. The van der Waals surface area contributed by atoms with Gasteiger partial charge in [0.1, 0.15) is 0 Å². The first kappa shape index (κ1) is 13.1. The highest BCUT2D eigenvalue weighted by Gasteiger charge is 2.14. The van der Waals surface area contributed by atoms with Crippen molar-refractivity contribution in [1.82, 2.24) is 4.72 Å². The molecule has 0 heterocycles. The summed E-state index contributed by atoms with van der Waals surface area (Å²) in [6, 6.07) is 5.13. The van der Waals surface area contributed by atoms with Crippen LogP contribution in [0.4, 0.5) is 0 Å². The SMILES string of the molecule is CCS(=O)(=O)c1ccc(S(=O)(=O)NC)cc1. The first-order valence-electron chi connectivity index (χ1n) is 4.60. The van der Waals surface area contributed by atoms with E-state index in [9.17, 15) is 16.8 Å². The van der Waals surface area contributed by atoms with Crippen molar-refractivity contribution in [3.8, 4) is 0 Å². The van der Waals surface area contributed by atoms with Crippen molar-refractivity contribution in [2.75, 3.05) is 12.8 Å². The Labute approximate surface area is 95.5 Å². The number of nitrogens with one attached hydrogen (secondary N) is 1. The zero-order valence-corrected chi connectivity index (χ0v) is 10.6. The van der Waals surface area contributed by atoms with Gasteiger partial charge in [-0.05, 0) is 31.3 Å². The molecule has 0 aliphatic rings. The minimum atomic E-state index is -3.51. The average molecular weight is 263 g/mol. The van der Waals surface area contributed by atoms with Gasteiger partial charge in [-0.2, -0.15) is 0 Å². The lowest BCUT2D eigenvalue weighted by molar-refractivity contribution is 0.587. The van der Waals surface area contributed by atoms with Gasteiger partial charge in [0.05, 0.1) is 15.5 Å². The predicted molar refractivity (Wildman–Crippen MR) is 60.4 cm³/mol. The van der Waals surface area contributed by atoms with Crippen LogP contribution in [0.5, 0.6) is 0 Å². The number of sulfonamides is 1. The fraction of sp³-hybridized carbons (Fsp3) is 0.333. The zero-order valence-electron chi connectivity index (χ0n) is 8.97. The Kier molecular flexibility index (Phi) is 3.72. The molecule has 1 aromatic rings. The lowest BCUT2D eigenvalue weighted by Gasteiger charge is -2.04. The molecule has 0 radical (unpaired) electrons. The van der Waals surface area contributed by atoms with Crippen molar-refractivity contribution in [2.45, 2.75) is 16.7 Å². The summed E-state index contributed by atoms with van der Waals surface area (Å²) in [4.78, 5) is 0.176. The molecule has 5 nitrogen and oxygen atoms in total. The normalized spacial score (nSPS) is 12.6. The standard InChI is InChI=1S/C9H13NO4S2/c1-3-15(11,12)8-4-6-9(7-5-8)16(13,14)10-2/h4-7,10H,3H2,1-2H3. The molecule has 1 aromatic carbocycles. The average Bonchev–Trinajstić information content (AvgIpc) is 2.29. The van der Waals surface area contributed by atoms with Crippen LogP contribution in [0.15, 0.2) is 34.1 Å². The van der Waals surface area contributed by atoms with Gasteiger partial charge in [0, 0.05) is 0 Å². The number of benzene rings is 1. The number of hydrogen-bond acceptors (Lipinski definition) is 4. The van der Waals surface area contributed by atoms with E-state index in [1.54, 1.807) is 0 Å². The molecule has 1 rings (SSSR count). The maximum atomic E-state index is 11.5. The Morgan fingerprint density at radius 3 is 1.81 bits per heavy atom. The third-order valence-electron chi connectivity index (χ3n) is 2.14. The second kappa shape index (κ2) is 4.52. The minimum absolute atomic E-state index is 0.00881. The summed E-state index contributed by atoms with van der Waals surface area (Å²) < 4.78 is 47.8. The molecule has 0 aliphatic carbocycles. The van der Waals surface area contributed by atoms with Gasteiger partial charge in [0.25, 0.3) is 0 Å². The van der Waals surface area contributed by atoms with Gasteiger partial charge in [-0.25, -0.2) is 21.6 Å². The molecule has 0 atom stereocenters. The first-order valence-corrected chi connectivity index (χ1v) is 7.73. The fourth-order valence-corrected chi connectivity index (χ4v) is 2.72. The molecule has 0 saturated carbocycles. The summed E-state index contributed by atoms with van der Waals surface area (Å²) in [6.07, 6.45) is 0. The van der Waals surface area contributed by atoms with Crippen LogP contribution in [0.2, 0.25) is 0 Å². The monoisotopic (exact) mass is 263 g/mol. The molecule has 16 heavy (non-hydrogen) atoms. The van der Waals surface area contributed by atoms with Gasteiger partial charge in [0.15, 0.2) is 9.84 Å². The van der Waals surface area contributed by atoms with Crippen LogP contribution in [0, 0.1) is 0 Å². The van der Waals surface area contributed by atoms with E-state index in [2.05, 4.69) is 4.72 Å². The minimum Gasteiger partial charge on any atom is -0.224 e. The van der Waals surface area contributed by atoms with Crippen LogP contribution in [0.1, 0.15) is 6.92 Å². The second-order valence-electron chi connectivity index (χ2n) is 3.08. The van der Waals surface area contributed by atoms with Gasteiger partial charge < -0.3 is 0 Å². The molecule has 7 heteroatoms. The predicted octanol–water partition coefficient (Wildman–Crippen LogP) is 0.388. The molecule has 90 valence electrons. The van der Waals surface area contributed by atoms with Crippen LogP contribution in [-0.2, 0) is 19.9 Å². The molecule has 0 saturated heterocycles. The quantitative estimate of drug-likeness (QED) is 0.852. The van der Waals surface area contributed by atoms with E-state index in [1.807, 2.05) is 0 Å². The highest BCUT2D eigenvalue weighted by atomic mass is 32.2. The Hall–Kier alpha value is -0.920. The molecule has 0 amide bonds. The molecule has 0 bridgehead atoms. The van der Waals surface area contributed by atoms with E-state index in [0.29, 0.717) is 0 Å². The zero-order chi connectivity index (χ0) is 12.4. The van der Waals surface area contributed by atoms with Gasteiger partial charge in [-0.3, -0.25) is 0 Å². The van der Waals surface area contributed by atoms with Crippen LogP contribution < -0.4 is 4.72 Å². The smallest absolute Gasteiger partial charge is 0.224 e. The molecule has 0 fully saturated rings. The topological polar surface area (TPSA) is 80.3 Å². The molecule has 0 unspecified atom stereocenters. The molecule has 0 aliphatic heterocycles. The summed E-state index contributed by atoms with van der Waals surface area (Å²) >= 11 is 0. The summed E-state index contributed by atoms with van der Waals surface area (Å²) in [5.74, 6) is -0.00881. The van der Waals surface area contributed by atoms with Crippen molar-refractivity contribution < 1.29 is 16.8 Å². The molecule has 1 N–H and O–H groups in total. The Bertz CT molecular complexity index is 505. The van der Waals surface area contributed by atoms with E-state index in [1.165, 1.54) is 38.2 Å². The van der Waals surface area contributed by atoms with E-state index in [0.717, 1.165) is 0 Å². The van der Waals surface area contributed by atoms with Gasteiger partial charge in [0.2, 0.25) is 10.0 Å². The molecule has 0 spiro atoms. The lowest BCUT2D eigenvalue weighted by Crippen LogP contribution is -2.18. The van der Waals surface area contributed by atoms with Crippen molar-refractivity contribution in [3.63, 3.8) is 0 Å². The summed E-state index contributed by atoms with van der Waals surface area (Å²) in [7, 11) is -5.50. The Morgan fingerprint density at radius 1 is 1.00 bits per heavy atom. The molecule has 0 aromatic heterocycles. The first-order chi connectivity index (χ1) is 7.33. The van der Waals surface area contributed by atoms with Gasteiger partial charge in [-0.1, -0.05) is 6.92 Å². The van der Waals surface area contributed by atoms with Crippen LogP contribution in [0.25, 0.3) is 0 Å². The highest BCUT2D eigenvalue weighted by molar-refractivity contribution is 7.91. The Morgan fingerprint density at radius 2 is 1.44 bits per heavy atom. The van der Waals surface area contributed by atoms with E-state index < -0.39 is 19.9 Å². The van der Waals surface area contributed by atoms with E-state index in [-0.39, 0.29) is 15.5 Å². The van der Waals surface area contributed by atoms with Crippen LogP contribution in [-0.4, -0.2) is 29.6 Å². The Balaban J connectivity index is 3.21. The summed E-state index contributed by atoms with van der Waals surface area (Å²) in [5, 5.41) is 0. The highest BCUT2D eigenvalue weighted by Crippen LogP contribution is 2.15. The molecular formula is C9H13NO4S2. The largest absolute Gasteiger partial charge is 0.240 e. The number of hydrogen-bond donors (Lipinski definition) is 1. The number of sulfone groups is 1. The van der Waals surface area contributed by atoms with Crippen molar-refractivity contribution >= 4 is 19.9 Å². The van der Waals surface area contributed by atoms with Crippen molar-refractivity contribution in [2.24, 2.45) is 0 Å². The second-order valence-corrected chi connectivity index (χ2v) is 7.25. The number of rotatable bonds is 4. The maximum absolute atomic E-state index is 11.5. The maximum Gasteiger partial charge on any atom is 0.240 e. The lowest BCUT2D eigenvalue weighted by atomic mass is 10.4. The van der Waals surface area contributed by atoms with Crippen LogP contribution in [0.3, 0.4) is 0 Å². The van der Waals surface area contributed by atoms with Crippen molar-refractivity contribution in [1.29, 1.82) is 0 Å². The van der Waals surface area contributed by atoms with Crippen LogP contribution >= 0.6 is 0 Å². The van der Waals surface area contributed by atoms with E-state index >= 15 is 0 Å². The summed E-state index contributed by atoms with van der Waals surface area (Å²) in [5.41, 5.74) is 0. The third kappa shape index (κ3) is 2.60. The van der Waals surface area contributed by atoms with Gasteiger partial charge >= 0.3 is 0 Å². The van der Waals surface area contributed by atoms with E-state index in [4.69, 9.17) is 0 Å². The van der Waals surface area contributed by atoms with Crippen molar-refractivity contribution in [3.05, 3.63) is 24.3 Å². The molecular weight excluding hydrogens is 250 g/mol. The van der Waals surface area contributed by atoms with Gasteiger partial charge in [-0.15, -0.1) is 0 Å². The third-order valence-corrected chi connectivity index (χ3v) is 5.32. The fourth-order valence-electron chi connectivity index (χ4n) is 1.11.